The van der Waals surface area contributed by atoms with Crippen LogP contribution in [-0.2, 0) is 11.4 Å². The average molecular weight is 364 g/mol. The minimum atomic E-state index is -1.02. The number of hydrogen-bond donors (Lipinski definition) is 2. The largest absolute Gasteiger partial charge is 0.486 e. The molecule has 0 spiro atoms. The summed E-state index contributed by atoms with van der Waals surface area (Å²) in [4.78, 5) is 28.3. The molecule has 0 aliphatic heterocycles. The summed E-state index contributed by atoms with van der Waals surface area (Å²) in [5.41, 5.74) is 0.528. The van der Waals surface area contributed by atoms with Gasteiger partial charge in [0.25, 0.3) is 5.91 Å². The van der Waals surface area contributed by atoms with Crippen molar-refractivity contribution < 1.29 is 23.8 Å². The summed E-state index contributed by atoms with van der Waals surface area (Å²) in [6.07, 6.45) is 1.63. The molecule has 1 fully saturated rings. The SMILES string of the molecule is Cc1nc(COc2ccc(F)cc2)sc1C(=O)NC(C(=O)O)C1CC1. The van der Waals surface area contributed by atoms with E-state index < -0.39 is 17.9 Å². The summed E-state index contributed by atoms with van der Waals surface area (Å²) in [6.45, 7) is 1.84. The third-order valence-electron chi connectivity index (χ3n) is 3.87. The van der Waals surface area contributed by atoms with Gasteiger partial charge in [0.15, 0.2) is 0 Å². The number of rotatable bonds is 7. The zero-order valence-corrected chi connectivity index (χ0v) is 14.3. The fourth-order valence-electron chi connectivity index (χ4n) is 2.42. The van der Waals surface area contributed by atoms with E-state index in [1.165, 1.54) is 24.3 Å². The van der Waals surface area contributed by atoms with Crippen molar-refractivity contribution in [1.29, 1.82) is 0 Å². The van der Waals surface area contributed by atoms with Gasteiger partial charge in [-0.3, -0.25) is 4.79 Å². The first-order chi connectivity index (χ1) is 11.9. The summed E-state index contributed by atoms with van der Waals surface area (Å²) in [5, 5.41) is 12.4. The second kappa shape index (κ2) is 7.18. The first kappa shape index (κ1) is 17.3. The number of halogens is 1. The zero-order chi connectivity index (χ0) is 18.0. The molecule has 25 heavy (non-hydrogen) atoms. The number of carbonyl (C=O) groups is 2. The monoisotopic (exact) mass is 364 g/mol. The topological polar surface area (TPSA) is 88.5 Å². The summed E-state index contributed by atoms with van der Waals surface area (Å²) in [7, 11) is 0. The van der Waals surface area contributed by atoms with Crippen LogP contribution in [0.1, 0.15) is 33.2 Å². The lowest BCUT2D eigenvalue weighted by atomic mass is 10.2. The van der Waals surface area contributed by atoms with Gasteiger partial charge in [-0.25, -0.2) is 14.2 Å². The number of nitrogens with one attached hydrogen (secondary N) is 1. The number of aromatic nitrogens is 1. The minimum absolute atomic E-state index is 0.0101. The fraction of sp³-hybridized carbons (Fsp3) is 0.353. The number of thiazole rings is 1. The molecule has 0 bridgehead atoms. The number of aryl methyl sites for hydroxylation is 1. The molecule has 1 heterocycles. The first-order valence-corrected chi connectivity index (χ1v) is 8.64. The number of carboxylic acids is 1. The van der Waals surface area contributed by atoms with Crippen molar-refractivity contribution in [3.05, 3.63) is 45.7 Å². The molecule has 1 amide bonds. The maximum Gasteiger partial charge on any atom is 0.326 e. The molecule has 1 aromatic carbocycles. The highest BCUT2D eigenvalue weighted by atomic mass is 32.1. The van der Waals surface area contributed by atoms with Crippen molar-refractivity contribution in [2.45, 2.75) is 32.4 Å². The number of amides is 1. The van der Waals surface area contributed by atoms with E-state index in [4.69, 9.17) is 4.74 Å². The van der Waals surface area contributed by atoms with Crippen LogP contribution in [0.2, 0.25) is 0 Å². The molecular weight excluding hydrogens is 347 g/mol. The maximum absolute atomic E-state index is 12.9. The van der Waals surface area contributed by atoms with E-state index in [-0.39, 0.29) is 18.3 Å². The lowest BCUT2D eigenvalue weighted by Gasteiger charge is -2.12. The molecule has 1 atom stereocenters. The van der Waals surface area contributed by atoms with Gasteiger partial charge in [0.1, 0.15) is 34.1 Å². The normalized spacial score (nSPS) is 14.8. The summed E-state index contributed by atoms with van der Waals surface area (Å²) >= 11 is 1.16. The quantitative estimate of drug-likeness (QED) is 0.789. The lowest BCUT2D eigenvalue weighted by molar-refractivity contribution is -0.139. The minimum Gasteiger partial charge on any atom is -0.486 e. The molecular formula is C17H17FN2O4S. The van der Waals surface area contributed by atoms with Crippen LogP contribution in [0, 0.1) is 18.7 Å². The van der Waals surface area contributed by atoms with Gasteiger partial charge in [0.2, 0.25) is 0 Å². The Labute approximate surface area is 147 Å². The van der Waals surface area contributed by atoms with Crippen molar-refractivity contribution >= 4 is 23.2 Å². The molecule has 1 saturated carbocycles. The highest BCUT2D eigenvalue weighted by molar-refractivity contribution is 7.13. The molecule has 2 aromatic rings. The molecule has 2 N–H and O–H groups in total. The number of carbonyl (C=O) groups excluding carboxylic acids is 1. The van der Waals surface area contributed by atoms with E-state index >= 15 is 0 Å². The number of aliphatic carboxylic acids is 1. The molecule has 8 heteroatoms. The van der Waals surface area contributed by atoms with Gasteiger partial charge in [0.05, 0.1) is 5.69 Å². The summed E-state index contributed by atoms with van der Waals surface area (Å²) in [5.74, 6) is -1.28. The zero-order valence-electron chi connectivity index (χ0n) is 13.5. The van der Waals surface area contributed by atoms with Gasteiger partial charge >= 0.3 is 5.97 Å². The fourth-order valence-corrected chi connectivity index (χ4v) is 3.30. The van der Waals surface area contributed by atoms with E-state index in [1.54, 1.807) is 6.92 Å². The first-order valence-electron chi connectivity index (χ1n) is 7.82. The van der Waals surface area contributed by atoms with E-state index in [9.17, 15) is 19.1 Å². The number of ether oxygens (including phenoxy) is 1. The standard InChI is InChI=1S/C17H17FN2O4S/c1-9-15(16(21)20-14(17(22)23)10-2-3-10)25-13(19-9)8-24-12-6-4-11(18)5-7-12/h4-7,10,14H,2-3,8H2,1H3,(H,20,21)(H,22,23). The number of carboxylic acid groups (broad SMARTS) is 1. The Hall–Kier alpha value is -2.48. The van der Waals surface area contributed by atoms with Crippen molar-refractivity contribution in [3.8, 4) is 5.75 Å². The number of nitrogens with zero attached hydrogens (tertiary/aromatic N) is 1. The van der Waals surface area contributed by atoms with Crippen molar-refractivity contribution in [2.75, 3.05) is 0 Å². The van der Waals surface area contributed by atoms with E-state index in [2.05, 4.69) is 10.3 Å². The van der Waals surface area contributed by atoms with Crippen molar-refractivity contribution in [2.24, 2.45) is 5.92 Å². The highest BCUT2D eigenvalue weighted by Crippen LogP contribution is 2.33. The van der Waals surface area contributed by atoms with Crippen LogP contribution < -0.4 is 10.1 Å². The number of benzene rings is 1. The van der Waals surface area contributed by atoms with Gasteiger partial charge < -0.3 is 15.2 Å². The maximum atomic E-state index is 12.9. The summed E-state index contributed by atoms with van der Waals surface area (Å²) < 4.78 is 18.4. The van der Waals surface area contributed by atoms with Crippen LogP contribution in [0.3, 0.4) is 0 Å². The van der Waals surface area contributed by atoms with Crippen molar-refractivity contribution in [1.82, 2.24) is 10.3 Å². The Morgan fingerprint density at radius 2 is 2.08 bits per heavy atom. The Morgan fingerprint density at radius 3 is 2.68 bits per heavy atom. The molecule has 1 aromatic heterocycles. The summed E-state index contributed by atoms with van der Waals surface area (Å²) in [6, 6.07) is 4.76. The molecule has 0 radical (unpaired) electrons. The van der Waals surface area contributed by atoms with E-state index in [0.717, 1.165) is 24.2 Å². The average Bonchev–Trinajstić information content (AvgIpc) is 3.34. The molecule has 132 valence electrons. The van der Waals surface area contributed by atoms with Gasteiger partial charge in [0, 0.05) is 0 Å². The second-order valence-corrected chi connectivity index (χ2v) is 6.98. The highest BCUT2D eigenvalue weighted by Gasteiger charge is 2.37. The Morgan fingerprint density at radius 1 is 1.40 bits per heavy atom. The van der Waals surface area contributed by atoms with E-state index in [0.29, 0.717) is 21.3 Å². The Kier molecular flexibility index (Phi) is 4.98. The smallest absolute Gasteiger partial charge is 0.326 e. The van der Waals surface area contributed by atoms with Gasteiger partial charge in [-0.2, -0.15) is 0 Å². The van der Waals surface area contributed by atoms with Crippen LogP contribution in [0.4, 0.5) is 4.39 Å². The Balaban J connectivity index is 1.63. The van der Waals surface area contributed by atoms with Gasteiger partial charge in [-0.05, 0) is 49.9 Å². The van der Waals surface area contributed by atoms with Crippen LogP contribution in [0.5, 0.6) is 5.75 Å². The Bertz CT molecular complexity index is 786. The van der Waals surface area contributed by atoms with Crippen LogP contribution in [0.15, 0.2) is 24.3 Å². The predicted molar refractivity (Wildman–Crippen MR) is 89.2 cm³/mol. The molecule has 1 aliphatic rings. The molecule has 1 aliphatic carbocycles. The second-order valence-electron chi connectivity index (χ2n) is 5.89. The number of hydrogen-bond acceptors (Lipinski definition) is 5. The molecule has 6 nitrogen and oxygen atoms in total. The molecule has 0 saturated heterocycles. The van der Waals surface area contributed by atoms with Crippen LogP contribution >= 0.6 is 11.3 Å². The third kappa shape index (κ3) is 4.33. The molecule has 1 unspecified atom stereocenters. The third-order valence-corrected chi connectivity index (χ3v) is 5.00. The molecule has 3 rings (SSSR count). The van der Waals surface area contributed by atoms with Gasteiger partial charge in [-0.15, -0.1) is 11.3 Å². The van der Waals surface area contributed by atoms with Crippen LogP contribution in [-0.4, -0.2) is 28.0 Å². The van der Waals surface area contributed by atoms with Gasteiger partial charge in [-0.1, -0.05) is 0 Å². The lowest BCUT2D eigenvalue weighted by Crippen LogP contribution is -2.42. The predicted octanol–water partition coefficient (Wildman–Crippen LogP) is 2.76. The van der Waals surface area contributed by atoms with Crippen molar-refractivity contribution in [3.63, 3.8) is 0 Å². The van der Waals surface area contributed by atoms with Crippen LogP contribution in [0.25, 0.3) is 0 Å². The van der Waals surface area contributed by atoms with E-state index in [1.807, 2.05) is 0 Å².